The smallest absolute Gasteiger partial charge is 0.0624 e. The van der Waals surface area contributed by atoms with Crippen molar-refractivity contribution in [1.29, 1.82) is 0 Å². The molecule has 2 rings (SSSR count). The van der Waals surface area contributed by atoms with Gasteiger partial charge in [-0.05, 0) is 28.6 Å². The molecule has 0 fully saturated rings. The summed E-state index contributed by atoms with van der Waals surface area (Å²) in [6, 6.07) is 11.8. The summed E-state index contributed by atoms with van der Waals surface area (Å²) in [5.74, 6) is 0. The maximum absolute atomic E-state index is 8.99. The molecule has 15 heavy (non-hydrogen) atoms. The zero-order valence-corrected chi connectivity index (χ0v) is 9.08. The van der Waals surface area contributed by atoms with E-state index in [4.69, 9.17) is 10.8 Å². The van der Waals surface area contributed by atoms with Gasteiger partial charge in [-0.1, -0.05) is 24.3 Å². The highest BCUT2D eigenvalue weighted by Crippen LogP contribution is 2.26. The van der Waals surface area contributed by atoms with Crippen LogP contribution in [0.2, 0.25) is 0 Å². The molecule has 0 radical (unpaired) electrons. The van der Waals surface area contributed by atoms with Crippen molar-refractivity contribution in [3.8, 4) is 10.4 Å². The number of rotatable bonds is 3. The van der Waals surface area contributed by atoms with E-state index in [1.807, 2.05) is 29.6 Å². The van der Waals surface area contributed by atoms with E-state index in [0.717, 1.165) is 11.1 Å². The van der Waals surface area contributed by atoms with E-state index in [1.165, 1.54) is 4.88 Å². The van der Waals surface area contributed by atoms with E-state index in [9.17, 15) is 0 Å². The number of aliphatic hydroxyl groups excluding tert-OH is 1. The first-order valence-corrected chi connectivity index (χ1v) is 5.69. The van der Waals surface area contributed by atoms with Gasteiger partial charge in [-0.2, -0.15) is 0 Å². The Balaban J connectivity index is 2.35. The highest BCUT2D eigenvalue weighted by atomic mass is 32.1. The van der Waals surface area contributed by atoms with Gasteiger partial charge in [-0.25, -0.2) is 0 Å². The Labute approximate surface area is 93.0 Å². The molecule has 0 unspecified atom stereocenters. The summed E-state index contributed by atoms with van der Waals surface area (Å²) in [7, 11) is 0. The van der Waals surface area contributed by atoms with Gasteiger partial charge in [0.05, 0.1) is 12.6 Å². The molecule has 0 saturated carbocycles. The van der Waals surface area contributed by atoms with Gasteiger partial charge in [-0.3, -0.25) is 0 Å². The van der Waals surface area contributed by atoms with Crippen LogP contribution in [0.25, 0.3) is 10.4 Å². The molecule has 0 bridgehead atoms. The summed E-state index contributed by atoms with van der Waals surface area (Å²) in [5.41, 5.74) is 7.90. The molecule has 0 aliphatic rings. The minimum absolute atomic E-state index is 0.0199. The number of nitrogens with two attached hydrogens (primary N) is 1. The summed E-state index contributed by atoms with van der Waals surface area (Å²) < 4.78 is 0. The highest BCUT2D eigenvalue weighted by molar-refractivity contribution is 7.13. The third kappa shape index (κ3) is 2.26. The fraction of sp³-hybridized carbons (Fsp3) is 0.167. The molecule has 3 heteroatoms. The zero-order chi connectivity index (χ0) is 10.7. The summed E-state index contributed by atoms with van der Waals surface area (Å²) in [5, 5.41) is 11.0. The summed E-state index contributed by atoms with van der Waals surface area (Å²) in [6.45, 7) is -0.0199. The van der Waals surface area contributed by atoms with Crippen LogP contribution in [0.15, 0.2) is 41.8 Å². The van der Waals surface area contributed by atoms with Crippen LogP contribution in [-0.4, -0.2) is 11.7 Å². The van der Waals surface area contributed by atoms with Crippen LogP contribution in [0.4, 0.5) is 0 Å². The van der Waals surface area contributed by atoms with Gasteiger partial charge in [0, 0.05) is 4.88 Å². The van der Waals surface area contributed by atoms with Gasteiger partial charge < -0.3 is 10.8 Å². The third-order valence-electron chi connectivity index (χ3n) is 2.32. The first kappa shape index (κ1) is 10.4. The standard InChI is InChI=1S/C12H13NOS/c13-11(8-14)9-3-1-4-10(7-9)12-5-2-6-15-12/h1-7,11,14H,8,13H2/t11-/m0/s1. The molecule has 2 nitrogen and oxygen atoms in total. The van der Waals surface area contributed by atoms with Crippen LogP contribution in [0.5, 0.6) is 0 Å². The lowest BCUT2D eigenvalue weighted by Gasteiger charge is -2.09. The van der Waals surface area contributed by atoms with Gasteiger partial charge in [0.2, 0.25) is 0 Å². The molecule has 0 aliphatic heterocycles. The Kier molecular flexibility index (Phi) is 3.16. The van der Waals surface area contributed by atoms with Crippen molar-refractivity contribution in [3.05, 3.63) is 47.3 Å². The normalized spacial score (nSPS) is 12.7. The van der Waals surface area contributed by atoms with Crippen LogP contribution in [0.1, 0.15) is 11.6 Å². The second kappa shape index (κ2) is 4.57. The second-order valence-electron chi connectivity index (χ2n) is 3.39. The van der Waals surface area contributed by atoms with Gasteiger partial charge in [0.1, 0.15) is 0 Å². The fourth-order valence-electron chi connectivity index (χ4n) is 1.47. The van der Waals surface area contributed by atoms with Crippen LogP contribution in [0.3, 0.4) is 0 Å². The average Bonchev–Trinajstić information content (AvgIpc) is 2.82. The summed E-state index contributed by atoms with van der Waals surface area (Å²) in [6.07, 6.45) is 0. The molecule has 0 saturated heterocycles. The lowest BCUT2D eigenvalue weighted by atomic mass is 10.0. The predicted molar refractivity (Wildman–Crippen MR) is 63.8 cm³/mol. The van der Waals surface area contributed by atoms with E-state index in [0.29, 0.717) is 0 Å². The molecule has 1 aromatic heterocycles. The van der Waals surface area contributed by atoms with Gasteiger partial charge in [0.25, 0.3) is 0 Å². The molecule has 1 heterocycles. The Morgan fingerprint density at radius 3 is 2.80 bits per heavy atom. The SMILES string of the molecule is N[C@@H](CO)c1cccc(-c2cccs2)c1. The fourth-order valence-corrected chi connectivity index (χ4v) is 2.19. The van der Waals surface area contributed by atoms with E-state index in [2.05, 4.69) is 12.1 Å². The lowest BCUT2D eigenvalue weighted by molar-refractivity contribution is 0.268. The van der Waals surface area contributed by atoms with E-state index < -0.39 is 0 Å². The minimum Gasteiger partial charge on any atom is -0.394 e. The number of thiophene rings is 1. The monoisotopic (exact) mass is 219 g/mol. The maximum Gasteiger partial charge on any atom is 0.0624 e. The van der Waals surface area contributed by atoms with Crippen LogP contribution >= 0.6 is 11.3 Å². The van der Waals surface area contributed by atoms with Crippen molar-refractivity contribution in [1.82, 2.24) is 0 Å². The van der Waals surface area contributed by atoms with Crippen molar-refractivity contribution < 1.29 is 5.11 Å². The topological polar surface area (TPSA) is 46.2 Å². The van der Waals surface area contributed by atoms with Crippen LogP contribution in [-0.2, 0) is 0 Å². The van der Waals surface area contributed by atoms with Crippen LogP contribution < -0.4 is 5.73 Å². The first-order valence-electron chi connectivity index (χ1n) is 4.81. The average molecular weight is 219 g/mol. The van der Waals surface area contributed by atoms with Crippen LogP contribution in [0, 0.1) is 0 Å². The third-order valence-corrected chi connectivity index (χ3v) is 3.24. The van der Waals surface area contributed by atoms with Gasteiger partial charge >= 0.3 is 0 Å². The zero-order valence-electron chi connectivity index (χ0n) is 8.26. The van der Waals surface area contributed by atoms with E-state index >= 15 is 0 Å². The largest absolute Gasteiger partial charge is 0.394 e. The molecule has 0 amide bonds. The summed E-state index contributed by atoms with van der Waals surface area (Å²) in [4.78, 5) is 1.22. The highest BCUT2D eigenvalue weighted by Gasteiger charge is 2.05. The minimum atomic E-state index is -0.287. The van der Waals surface area contributed by atoms with Crippen molar-refractivity contribution >= 4 is 11.3 Å². The second-order valence-corrected chi connectivity index (χ2v) is 4.34. The molecule has 3 N–H and O–H groups in total. The number of hydrogen-bond donors (Lipinski definition) is 2. The number of aliphatic hydroxyl groups is 1. The molecule has 0 spiro atoms. The molecule has 78 valence electrons. The molecule has 0 aliphatic carbocycles. The quantitative estimate of drug-likeness (QED) is 0.832. The van der Waals surface area contributed by atoms with Gasteiger partial charge in [0.15, 0.2) is 0 Å². The summed E-state index contributed by atoms with van der Waals surface area (Å²) >= 11 is 1.70. The molecule has 1 aromatic carbocycles. The first-order chi connectivity index (χ1) is 7.31. The molecule has 1 atom stereocenters. The molecular formula is C12H13NOS. The van der Waals surface area contributed by atoms with Crippen molar-refractivity contribution in [2.75, 3.05) is 6.61 Å². The maximum atomic E-state index is 8.99. The molecular weight excluding hydrogens is 206 g/mol. The lowest BCUT2D eigenvalue weighted by Crippen LogP contribution is -2.14. The van der Waals surface area contributed by atoms with E-state index in [1.54, 1.807) is 11.3 Å². The van der Waals surface area contributed by atoms with Crippen molar-refractivity contribution in [2.24, 2.45) is 5.73 Å². The Morgan fingerprint density at radius 2 is 2.13 bits per heavy atom. The Hall–Kier alpha value is -1.16. The number of hydrogen-bond acceptors (Lipinski definition) is 3. The van der Waals surface area contributed by atoms with Crippen molar-refractivity contribution in [3.63, 3.8) is 0 Å². The molecule has 2 aromatic rings. The Bertz CT molecular complexity index is 425. The Morgan fingerprint density at radius 1 is 1.27 bits per heavy atom. The number of benzene rings is 1. The van der Waals surface area contributed by atoms with Crippen molar-refractivity contribution in [2.45, 2.75) is 6.04 Å². The van der Waals surface area contributed by atoms with Gasteiger partial charge in [-0.15, -0.1) is 11.3 Å². The van der Waals surface area contributed by atoms with E-state index in [-0.39, 0.29) is 12.6 Å². The predicted octanol–water partition coefficient (Wildman–Crippen LogP) is 2.41.